The molecule has 16 aromatic rings. The van der Waals surface area contributed by atoms with Crippen LogP contribution in [0.25, 0.3) is 43.6 Å². The van der Waals surface area contributed by atoms with E-state index in [1.807, 2.05) is 171 Å². The lowest BCUT2D eigenvalue weighted by Crippen LogP contribution is -2.20. The van der Waals surface area contributed by atoms with Gasteiger partial charge in [-0.1, -0.05) is 206 Å². The predicted octanol–water partition coefficient (Wildman–Crippen LogP) is 20.9. The first kappa shape index (κ1) is 103. The molecule has 0 saturated heterocycles. The second-order valence-corrected chi connectivity index (χ2v) is 36.7. The largest absolute Gasteiger partial charge is 0.507 e. The second kappa shape index (κ2) is 50.0. The van der Waals surface area contributed by atoms with Gasteiger partial charge < -0.3 is 98.5 Å². The molecule has 0 aliphatic carbocycles. The summed E-state index contributed by atoms with van der Waals surface area (Å²) in [5, 5.41) is 131. The van der Waals surface area contributed by atoms with Gasteiger partial charge in [-0.2, -0.15) is 0 Å². The number of aromatic hydroxyl groups is 8. The molecule has 0 saturated carbocycles. The maximum absolute atomic E-state index is 12.2. The van der Waals surface area contributed by atoms with Gasteiger partial charge in [0.1, 0.15) is 72.4 Å². The van der Waals surface area contributed by atoms with Crippen LogP contribution in [0.15, 0.2) is 292 Å². The molecule has 0 bridgehead atoms. The molecule has 0 fully saturated rings. The standard InChI is InChI=1S/2C30H33NO5.C29H31NO5.C28H29NO5/c1-20(2)12-13-21-14-28(33)26(29(34)15-21)18-31-17-23(25-10-6-7-11-27(25)31)16-24(32)19-36-30(35)22-8-4-3-5-9-22;1-2-3-5-10-21-15-28(33)26(29(34)16-21)19-31-18-23(25-13-8-9-14-27(25)31)17-24(32)20-36-30(35)22-11-6-4-7-12-22;1-19(2)12-20-13-27(32)25(28(33)14-20)17-30-16-22(24-10-6-7-11-26(24)30)15-23(31)18-35-29(34)21-8-4-3-5-9-21;1-2-8-19-13-26(31)24(27(32)14-19)17-29-16-21(23-11-6-7-12-25(23)29)15-22(30)18-34-28(33)20-9-4-3-5-10-20/h3-11,14-15,17,20,24,32-34H,12-13,16,18-19H2,1-2H3;4,6-9,11-16,18,24,32-34H,2-3,5,10,17,19-20H2,1H3;3-11,13-14,16,19,23,31-33H,12,15,17-18H2,1-2H3;3-7,9-14,16,22,30-32H,2,8,15,17-18H2,1H3/t2*24-;23-;22-/m0000/s1. The molecule has 16 rings (SSSR count). The van der Waals surface area contributed by atoms with E-state index in [1.54, 1.807) is 146 Å². The van der Waals surface area contributed by atoms with E-state index < -0.39 is 48.3 Å². The average Bonchev–Trinajstić information content (AvgIpc) is 1.66. The first-order valence-electron chi connectivity index (χ1n) is 48.1. The van der Waals surface area contributed by atoms with Crippen LogP contribution in [0.1, 0.15) is 182 Å². The summed E-state index contributed by atoms with van der Waals surface area (Å²) in [7, 11) is 0. The molecule has 0 aliphatic rings. The first-order chi connectivity index (χ1) is 68.0. The topological polar surface area (TPSA) is 368 Å². The van der Waals surface area contributed by atoms with Crippen LogP contribution in [0, 0.1) is 11.8 Å². The van der Waals surface area contributed by atoms with Crippen molar-refractivity contribution >= 4 is 67.5 Å². The summed E-state index contributed by atoms with van der Waals surface area (Å²) in [6, 6.07) is 79.6. The van der Waals surface area contributed by atoms with Crippen molar-refractivity contribution < 1.29 is 99.4 Å². The summed E-state index contributed by atoms with van der Waals surface area (Å²) in [6.45, 7) is 13.3. The Balaban J connectivity index is 0.000000158. The maximum Gasteiger partial charge on any atom is 0.338 e. The number of carbonyl (C=O) groups excluding carboxylic acids is 4. The first-order valence-corrected chi connectivity index (χ1v) is 48.1. The van der Waals surface area contributed by atoms with Crippen LogP contribution in [-0.2, 0) is 96.5 Å². The lowest BCUT2D eigenvalue weighted by Gasteiger charge is -2.13. The third-order valence-corrected chi connectivity index (χ3v) is 24.6. The number of rotatable bonds is 39. The molecule has 734 valence electrons. The number of hydrogen-bond acceptors (Lipinski definition) is 20. The van der Waals surface area contributed by atoms with Crippen molar-refractivity contribution in [3.05, 3.63) is 381 Å². The third-order valence-electron chi connectivity index (χ3n) is 24.6. The molecular weight excluding hydrogens is 1780 g/mol. The number of fused-ring (bicyclic) bond motifs is 4. The molecule has 4 heterocycles. The monoisotopic (exact) mass is 1910 g/mol. The van der Waals surface area contributed by atoms with Crippen molar-refractivity contribution in [3.63, 3.8) is 0 Å². The Kier molecular flexibility index (Phi) is 36.6. The van der Waals surface area contributed by atoms with E-state index in [0.29, 0.717) is 82.0 Å². The van der Waals surface area contributed by atoms with Gasteiger partial charge in [0.05, 0.1) is 95.1 Å². The van der Waals surface area contributed by atoms with E-state index in [0.717, 1.165) is 146 Å². The van der Waals surface area contributed by atoms with Gasteiger partial charge in [0.15, 0.2) is 0 Å². The van der Waals surface area contributed by atoms with E-state index in [9.17, 15) is 80.5 Å². The number of para-hydroxylation sites is 4. The van der Waals surface area contributed by atoms with Gasteiger partial charge >= 0.3 is 23.9 Å². The highest BCUT2D eigenvalue weighted by atomic mass is 16.6. The molecule has 0 spiro atoms. The number of aromatic nitrogens is 4. The van der Waals surface area contributed by atoms with Crippen LogP contribution in [0.3, 0.4) is 0 Å². The number of carbonyl (C=O) groups is 4. The Hall–Kier alpha value is -15.1. The molecule has 24 heteroatoms. The predicted molar refractivity (Wildman–Crippen MR) is 548 cm³/mol. The van der Waals surface area contributed by atoms with Crippen molar-refractivity contribution in [2.45, 2.75) is 176 Å². The molecule has 0 unspecified atom stereocenters. The normalized spacial score (nSPS) is 12.1. The minimum atomic E-state index is -0.876. The van der Waals surface area contributed by atoms with Gasteiger partial charge in [0.2, 0.25) is 0 Å². The Morgan fingerprint density at radius 1 is 0.270 bits per heavy atom. The quantitative estimate of drug-likeness (QED) is 0.00967. The fraction of sp³-hybridized carbons (Fsp3) is 0.282. The number of esters is 4. The van der Waals surface area contributed by atoms with Crippen molar-refractivity contribution in [1.82, 2.24) is 18.3 Å². The summed E-state index contributed by atoms with van der Waals surface area (Å²) in [5.74, 6) is -0.388. The lowest BCUT2D eigenvalue weighted by molar-refractivity contribution is 0.0256. The fourth-order valence-electron chi connectivity index (χ4n) is 17.5. The molecule has 0 radical (unpaired) electrons. The number of aryl methyl sites for hydroxylation is 3. The minimum Gasteiger partial charge on any atom is -0.507 e. The van der Waals surface area contributed by atoms with Gasteiger partial charge in [-0.3, -0.25) is 0 Å². The van der Waals surface area contributed by atoms with E-state index >= 15 is 0 Å². The SMILES string of the molecule is CC(C)CCc1cc(O)c(Cn2cc(C[C@H](O)COC(=O)c3ccccc3)c3ccccc32)c(O)c1.CC(C)Cc1cc(O)c(Cn2cc(C[C@H](O)COC(=O)c3ccccc3)c3ccccc32)c(O)c1.CCCCCc1cc(O)c(Cn2cc(C[C@H](O)COC(=O)c3ccccc3)c3ccccc32)c(O)c1.CCCc1cc(O)c(Cn2cc(C[C@H](O)COC(=O)c3ccccc3)c3ccccc32)c(O)c1. The summed E-state index contributed by atoms with van der Waals surface area (Å²) in [6.07, 6.45) is 13.6. The van der Waals surface area contributed by atoms with Gasteiger partial charge in [-0.15, -0.1) is 0 Å². The Morgan fingerprint density at radius 2 is 0.504 bits per heavy atom. The smallest absolute Gasteiger partial charge is 0.338 e. The van der Waals surface area contributed by atoms with E-state index in [1.165, 1.54) is 0 Å². The maximum atomic E-state index is 12.2. The fourth-order valence-corrected chi connectivity index (χ4v) is 17.5. The number of ether oxygens (including phenoxy) is 4. The second-order valence-electron chi connectivity index (χ2n) is 36.7. The zero-order chi connectivity index (χ0) is 100. The number of hydrogen-bond donors (Lipinski definition) is 12. The van der Waals surface area contributed by atoms with Crippen LogP contribution < -0.4 is 0 Å². The van der Waals surface area contributed by atoms with Crippen molar-refractivity contribution in [1.29, 1.82) is 0 Å². The van der Waals surface area contributed by atoms with Gasteiger partial charge in [-0.05, 0) is 216 Å². The van der Waals surface area contributed by atoms with Crippen LogP contribution >= 0.6 is 0 Å². The third kappa shape index (κ3) is 28.4. The van der Waals surface area contributed by atoms with E-state index in [2.05, 4.69) is 34.6 Å². The summed E-state index contributed by atoms with van der Waals surface area (Å²) < 4.78 is 29.0. The highest BCUT2D eigenvalue weighted by Crippen LogP contribution is 2.39. The molecule has 4 aromatic heterocycles. The minimum absolute atomic E-state index is 0.0628. The van der Waals surface area contributed by atoms with Crippen molar-refractivity contribution in [3.8, 4) is 46.0 Å². The highest BCUT2D eigenvalue weighted by molar-refractivity contribution is 5.92. The van der Waals surface area contributed by atoms with E-state index in [-0.39, 0.29) is 98.6 Å². The number of aliphatic hydroxyl groups is 4. The highest BCUT2D eigenvalue weighted by Gasteiger charge is 2.26. The number of benzene rings is 12. The Bertz CT molecular complexity index is 6770. The lowest BCUT2D eigenvalue weighted by atomic mass is 10.00. The molecular formula is C117H126N4O20. The number of phenols is 8. The van der Waals surface area contributed by atoms with Crippen LogP contribution in [0.4, 0.5) is 0 Å². The van der Waals surface area contributed by atoms with Gasteiger partial charge in [0.25, 0.3) is 0 Å². The zero-order valence-corrected chi connectivity index (χ0v) is 80.4. The molecule has 141 heavy (non-hydrogen) atoms. The summed E-state index contributed by atoms with van der Waals surface area (Å²) >= 11 is 0. The van der Waals surface area contributed by atoms with Crippen LogP contribution in [0.5, 0.6) is 46.0 Å². The average molecular weight is 1910 g/mol. The van der Waals surface area contributed by atoms with Crippen molar-refractivity contribution in [2.24, 2.45) is 11.8 Å². The number of phenolic OH excluding ortho intramolecular Hbond substituents is 8. The van der Waals surface area contributed by atoms with Crippen molar-refractivity contribution in [2.75, 3.05) is 26.4 Å². The number of unbranched alkanes of at least 4 members (excludes halogenated alkanes) is 2. The van der Waals surface area contributed by atoms with Crippen LogP contribution in [0.2, 0.25) is 0 Å². The molecule has 0 aliphatic heterocycles. The number of nitrogens with zero attached hydrogens (tertiary/aromatic N) is 4. The zero-order valence-electron chi connectivity index (χ0n) is 80.4. The Morgan fingerprint density at radius 3 is 0.745 bits per heavy atom. The Labute approximate surface area is 821 Å². The molecule has 0 amide bonds. The van der Waals surface area contributed by atoms with Gasteiger partial charge in [0, 0.05) is 94.1 Å². The van der Waals surface area contributed by atoms with Gasteiger partial charge in [-0.25, -0.2) is 19.2 Å². The molecule has 12 aromatic carbocycles. The molecule has 4 atom stereocenters. The summed E-state index contributed by atoms with van der Waals surface area (Å²) in [4.78, 5) is 48.7. The van der Waals surface area contributed by atoms with E-state index in [4.69, 9.17) is 18.9 Å². The molecule has 12 N–H and O–H groups in total. The molecule has 24 nitrogen and oxygen atoms in total. The number of aliphatic hydroxyl groups excluding tert-OH is 4. The summed E-state index contributed by atoms with van der Waals surface area (Å²) in [5.41, 5.74) is 14.4. The van der Waals surface area contributed by atoms with Crippen LogP contribution in [-0.4, -0.2) is 154 Å².